The fraction of sp³-hybridized carbons (Fsp3) is 0.0909. The number of amides is 2. The summed E-state index contributed by atoms with van der Waals surface area (Å²) in [4.78, 5) is 26.4. The molecule has 1 aliphatic heterocycles. The van der Waals surface area contributed by atoms with Gasteiger partial charge in [0.15, 0.2) is 0 Å². The van der Waals surface area contributed by atoms with Gasteiger partial charge >= 0.3 is 0 Å². The van der Waals surface area contributed by atoms with Crippen molar-refractivity contribution in [2.24, 2.45) is 0 Å². The summed E-state index contributed by atoms with van der Waals surface area (Å²) in [6.07, 6.45) is 0. The van der Waals surface area contributed by atoms with Crippen molar-refractivity contribution < 1.29 is 14.3 Å². The highest BCUT2D eigenvalue weighted by Gasteiger charge is 2.35. The molecule has 0 atom stereocenters. The lowest BCUT2D eigenvalue weighted by molar-refractivity contribution is 0.0641. The van der Waals surface area contributed by atoms with Crippen LogP contribution >= 0.6 is 0 Å². The van der Waals surface area contributed by atoms with E-state index in [4.69, 9.17) is 4.74 Å². The zero-order chi connectivity index (χ0) is 18.1. The fourth-order valence-corrected chi connectivity index (χ4v) is 3.24. The zero-order valence-electron chi connectivity index (χ0n) is 14.3. The van der Waals surface area contributed by atoms with Crippen LogP contribution in [0.25, 0.3) is 11.1 Å². The molecule has 0 bridgehead atoms. The lowest BCUT2D eigenvalue weighted by Crippen LogP contribution is -2.29. The third-order valence-electron chi connectivity index (χ3n) is 4.60. The van der Waals surface area contributed by atoms with Crippen LogP contribution in [0.3, 0.4) is 0 Å². The van der Waals surface area contributed by atoms with E-state index < -0.39 is 0 Å². The van der Waals surface area contributed by atoms with Gasteiger partial charge in [0.25, 0.3) is 11.8 Å². The van der Waals surface area contributed by atoms with E-state index in [0.717, 1.165) is 16.7 Å². The first-order chi connectivity index (χ1) is 12.7. The summed E-state index contributed by atoms with van der Waals surface area (Å²) in [5, 5.41) is 0. The molecule has 3 aromatic carbocycles. The molecule has 0 radical (unpaired) electrons. The second-order valence-corrected chi connectivity index (χ2v) is 6.13. The number of carbonyl (C=O) groups is 2. The summed E-state index contributed by atoms with van der Waals surface area (Å²) < 4.78 is 5.52. The van der Waals surface area contributed by atoms with Crippen molar-refractivity contribution >= 4 is 11.8 Å². The van der Waals surface area contributed by atoms with Crippen LogP contribution in [0.5, 0.6) is 5.75 Å². The van der Waals surface area contributed by atoms with Gasteiger partial charge in [0.1, 0.15) is 5.75 Å². The minimum atomic E-state index is -0.264. The first kappa shape index (κ1) is 16.1. The van der Waals surface area contributed by atoms with Crippen molar-refractivity contribution in [2.45, 2.75) is 6.54 Å². The molecule has 0 aromatic heterocycles. The molecule has 128 valence electrons. The van der Waals surface area contributed by atoms with Crippen molar-refractivity contribution in [3.63, 3.8) is 0 Å². The van der Waals surface area contributed by atoms with Crippen molar-refractivity contribution in [3.05, 3.63) is 89.5 Å². The van der Waals surface area contributed by atoms with Crippen LogP contribution < -0.4 is 4.74 Å². The maximum Gasteiger partial charge on any atom is 0.261 e. The summed E-state index contributed by atoms with van der Waals surface area (Å²) in [5.41, 5.74) is 3.81. The molecule has 2 amide bonds. The topological polar surface area (TPSA) is 46.6 Å². The Kier molecular flexibility index (Phi) is 4.01. The highest BCUT2D eigenvalue weighted by atomic mass is 16.5. The number of benzene rings is 3. The number of rotatable bonds is 4. The zero-order valence-corrected chi connectivity index (χ0v) is 14.3. The molecule has 0 N–H and O–H groups in total. The molecule has 1 aliphatic rings. The monoisotopic (exact) mass is 343 g/mol. The summed E-state index contributed by atoms with van der Waals surface area (Å²) in [7, 11) is 1.59. The van der Waals surface area contributed by atoms with Crippen molar-refractivity contribution in [1.82, 2.24) is 4.90 Å². The fourth-order valence-electron chi connectivity index (χ4n) is 3.24. The molecule has 0 fully saturated rings. The maximum absolute atomic E-state index is 12.6. The van der Waals surface area contributed by atoms with Gasteiger partial charge in [-0.2, -0.15) is 0 Å². The number of hydrogen-bond acceptors (Lipinski definition) is 3. The van der Waals surface area contributed by atoms with Gasteiger partial charge in [0.05, 0.1) is 24.8 Å². The maximum atomic E-state index is 12.6. The van der Waals surface area contributed by atoms with E-state index in [-0.39, 0.29) is 18.4 Å². The van der Waals surface area contributed by atoms with Crippen molar-refractivity contribution in [3.8, 4) is 16.9 Å². The minimum Gasteiger partial charge on any atom is -0.496 e. The number of fused-ring (bicyclic) bond motifs is 1. The number of imide groups is 1. The molecule has 26 heavy (non-hydrogen) atoms. The Morgan fingerprint density at radius 1 is 0.769 bits per heavy atom. The SMILES string of the molecule is COc1cc(-c2ccccc2)ccc1CN1C(=O)c2ccccc2C1=O. The summed E-state index contributed by atoms with van der Waals surface area (Å²) in [6, 6.07) is 22.7. The largest absolute Gasteiger partial charge is 0.496 e. The van der Waals surface area contributed by atoms with E-state index in [0.29, 0.717) is 16.9 Å². The predicted molar refractivity (Wildman–Crippen MR) is 99.1 cm³/mol. The molecule has 0 saturated heterocycles. The number of methoxy groups -OCH3 is 1. The lowest BCUT2D eigenvalue weighted by atomic mass is 10.0. The van der Waals surface area contributed by atoms with Crippen LogP contribution in [0, 0.1) is 0 Å². The average Bonchev–Trinajstić information content (AvgIpc) is 2.94. The predicted octanol–water partition coefficient (Wildman–Crippen LogP) is 4.16. The van der Waals surface area contributed by atoms with Crippen LogP contribution in [-0.4, -0.2) is 23.8 Å². The molecule has 0 aliphatic carbocycles. The standard InChI is InChI=1S/C22H17NO3/c1-26-20-13-16(15-7-3-2-4-8-15)11-12-17(20)14-23-21(24)18-9-5-6-10-19(18)22(23)25/h2-13H,14H2,1H3. The number of nitrogens with zero attached hydrogens (tertiary/aromatic N) is 1. The smallest absolute Gasteiger partial charge is 0.261 e. The van der Waals surface area contributed by atoms with Gasteiger partial charge in [-0.25, -0.2) is 0 Å². The van der Waals surface area contributed by atoms with Crippen LogP contribution in [-0.2, 0) is 6.54 Å². The van der Waals surface area contributed by atoms with Crippen LogP contribution in [0.2, 0.25) is 0 Å². The molecule has 0 spiro atoms. The Bertz CT molecular complexity index is 960. The molecule has 4 heteroatoms. The molecule has 4 nitrogen and oxygen atoms in total. The Morgan fingerprint density at radius 2 is 1.38 bits per heavy atom. The van der Waals surface area contributed by atoms with E-state index in [1.165, 1.54) is 4.90 Å². The highest BCUT2D eigenvalue weighted by molar-refractivity contribution is 6.21. The first-order valence-electron chi connectivity index (χ1n) is 8.36. The second kappa shape index (κ2) is 6.48. The van der Waals surface area contributed by atoms with Gasteiger partial charge in [-0.3, -0.25) is 14.5 Å². The molecule has 4 rings (SSSR count). The molecule has 1 heterocycles. The van der Waals surface area contributed by atoms with Crippen LogP contribution in [0.4, 0.5) is 0 Å². The third kappa shape index (κ3) is 2.65. The average molecular weight is 343 g/mol. The third-order valence-corrected chi connectivity index (χ3v) is 4.60. The normalized spacial score (nSPS) is 13.0. The number of carbonyl (C=O) groups excluding carboxylic acids is 2. The lowest BCUT2D eigenvalue weighted by Gasteiger charge is -2.17. The first-order valence-corrected chi connectivity index (χ1v) is 8.36. The Morgan fingerprint density at radius 3 is 2.00 bits per heavy atom. The Hall–Kier alpha value is -3.40. The molecular formula is C22H17NO3. The highest BCUT2D eigenvalue weighted by Crippen LogP contribution is 2.30. The van der Waals surface area contributed by atoms with Crippen LogP contribution in [0.15, 0.2) is 72.8 Å². The Labute approximate surface area is 151 Å². The summed E-state index contributed by atoms with van der Waals surface area (Å²) in [5.74, 6) is 0.127. The van der Waals surface area contributed by atoms with Gasteiger partial charge in [-0.15, -0.1) is 0 Å². The number of ether oxygens (including phenoxy) is 1. The van der Waals surface area contributed by atoms with E-state index in [2.05, 4.69) is 0 Å². The van der Waals surface area contributed by atoms with Gasteiger partial charge in [-0.05, 0) is 29.3 Å². The second-order valence-electron chi connectivity index (χ2n) is 6.13. The molecular weight excluding hydrogens is 326 g/mol. The van der Waals surface area contributed by atoms with Crippen LogP contribution in [0.1, 0.15) is 26.3 Å². The van der Waals surface area contributed by atoms with Gasteiger partial charge in [-0.1, -0.05) is 54.6 Å². The molecule has 0 saturated carbocycles. The summed E-state index contributed by atoms with van der Waals surface area (Å²) >= 11 is 0. The molecule has 3 aromatic rings. The van der Waals surface area contributed by atoms with Crippen molar-refractivity contribution in [1.29, 1.82) is 0 Å². The quantitative estimate of drug-likeness (QED) is 0.668. The molecule has 0 unspecified atom stereocenters. The van der Waals surface area contributed by atoms with Crippen molar-refractivity contribution in [2.75, 3.05) is 7.11 Å². The van der Waals surface area contributed by atoms with Gasteiger partial charge in [0.2, 0.25) is 0 Å². The number of hydrogen-bond donors (Lipinski definition) is 0. The van der Waals surface area contributed by atoms with Gasteiger partial charge < -0.3 is 4.74 Å². The van der Waals surface area contributed by atoms with Gasteiger partial charge in [0, 0.05) is 5.56 Å². The van der Waals surface area contributed by atoms with E-state index in [9.17, 15) is 9.59 Å². The summed E-state index contributed by atoms with van der Waals surface area (Å²) in [6.45, 7) is 0.185. The minimum absolute atomic E-state index is 0.185. The Balaban J connectivity index is 1.65. The van der Waals surface area contributed by atoms with E-state index in [1.54, 1.807) is 31.4 Å². The van der Waals surface area contributed by atoms with E-state index in [1.807, 2.05) is 48.5 Å². The van der Waals surface area contributed by atoms with E-state index >= 15 is 0 Å².